The van der Waals surface area contributed by atoms with Crippen molar-refractivity contribution in [3.05, 3.63) is 46.4 Å². The summed E-state index contributed by atoms with van der Waals surface area (Å²) in [4.78, 5) is 35.9. The second-order valence-electron chi connectivity index (χ2n) is 7.38. The summed E-state index contributed by atoms with van der Waals surface area (Å²) in [5.74, 6) is 0.541. The Balaban J connectivity index is 2.28. The highest BCUT2D eigenvalue weighted by Gasteiger charge is 2.22. The van der Waals surface area contributed by atoms with Crippen molar-refractivity contribution in [3.8, 4) is 11.1 Å². The zero-order valence-corrected chi connectivity index (χ0v) is 18.4. The van der Waals surface area contributed by atoms with Crippen molar-refractivity contribution in [2.24, 2.45) is 0 Å². The van der Waals surface area contributed by atoms with Crippen LogP contribution in [-0.2, 0) is 9.47 Å². The molecule has 0 saturated heterocycles. The molecule has 0 aliphatic heterocycles. The van der Waals surface area contributed by atoms with Gasteiger partial charge in [0.2, 0.25) is 0 Å². The van der Waals surface area contributed by atoms with E-state index in [4.69, 9.17) is 4.74 Å². The van der Waals surface area contributed by atoms with E-state index in [0.717, 1.165) is 0 Å². The first kappa shape index (κ1) is 23.3. The maximum Gasteiger partial charge on any atom is 0.411 e. The van der Waals surface area contributed by atoms with Gasteiger partial charge in [0.15, 0.2) is 0 Å². The molecule has 162 valence electrons. The standard InChI is InChI=1S/C20H26N4O5S/c1-20(2,3)29-19(27)22-16(11-30-5)15-10-14(17(25)24-23-15)12-6-8-13(9-7-12)21-18(26)28-4/h6-10,16H,11H2,1-5H3,(H,21,26)(H,22,27)(H,24,25)/t16-/m0/s1. The number of methoxy groups -OCH3 is 1. The molecule has 0 radical (unpaired) electrons. The van der Waals surface area contributed by atoms with Gasteiger partial charge in [-0.15, -0.1) is 0 Å². The van der Waals surface area contributed by atoms with Crippen LogP contribution in [0.3, 0.4) is 0 Å². The van der Waals surface area contributed by atoms with E-state index in [2.05, 4.69) is 25.6 Å². The smallest absolute Gasteiger partial charge is 0.411 e. The van der Waals surface area contributed by atoms with Crippen LogP contribution in [0.1, 0.15) is 32.5 Å². The topological polar surface area (TPSA) is 122 Å². The third-order valence-electron chi connectivity index (χ3n) is 3.83. The summed E-state index contributed by atoms with van der Waals surface area (Å²) in [7, 11) is 1.28. The van der Waals surface area contributed by atoms with Crippen molar-refractivity contribution < 1.29 is 19.1 Å². The monoisotopic (exact) mass is 434 g/mol. The minimum Gasteiger partial charge on any atom is -0.453 e. The summed E-state index contributed by atoms with van der Waals surface area (Å²) in [5, 5.41) is 11.9. The summed E-state index contributed by atoms with van der Waals surface area (Å²) in [6.45, 7) is 5.35. The van der Waals surface area contributed by atoms with Crippen LogP contribution >= 0.6 is 11.8 Å². The first-order valence-corrected chi connectivity index (χ1v) is 10.6. The van der Waals surface area contributed by atoms with Crippen molar-refractivity contribution in [3.63, 3.8) is 0 Å². The highest BCUT2D eigenvalue weighted by molar-refractivity contribution is 7.98. The van der Waals surface area contributed by atoms with Crippen LogP contribution in [0.5, 0.6) is 0 Å². The lowest BCUT2D eigenvalue weighted by molar-refractivity contribution is 0.0507. The second kappa shape index (κ2) is 10.1. The zero-order valence-electron chi connectivity index (χ0n) is 17.6. The number of benzene rings is 1. The summed E-state index contributed by atoms with van der Waals surface area (Å²) in [6, 6.07) is 7.90. The Morgan fingerprint density at radius 1 is 1.20 bits per heavy atom. The Kier molecular flexibility index (Phi) is 7.87. The van der Waals surface area contributed by atoms with Gasteiger partial charge in [-0.3, -0.25) is 10.1 Å². The van der Waals surface area contributed by atoms with Gasteiger partial charge >= 0.3 is 12.2 Å². The molecule has 0 spiro atoms. The first-order chi connectivity index (χ1) is 14.1. The largest absolute Gasteiger partial charge is 0.453 e. The number of nitrogens with zero attached hydrogens (tertiary/aromatic N) is 1. The van der Waals surface area contributed by atoms with Crippen molar-refractivity contribution in [1.82, 2.24) is 15.5 Å². The molecule has 2 aromatic rings. The maximum absolute atomic E-state index is 12.3. The number of carbonyl (C=O) groups is 2. The zero-order chi connectivity index (χ0) is 22.3. The molecule has 2 amide bonds. The fourth-order valence-electron chi connectivity index (χ4n) is 2.53. The van der Waals surface area contributed by atoms with Crippen molar-refractivity contribution in [2.45, 2.75) is 32.4 Å². The van der Waals surface area contributed by atoms with Crippen molar-refractivity contribution in [2.75, 3.05) is 24.4 Å². The average molecular weight is 435 g/mol. The van der Waals surface area contributed by atoms with Gasteiger partial charge in [0.25, 0.3) is 5.56 Å². The molecule has 0 aliphatic carbocycles. The SMILES string of the molecule is COC(=O)Nc1ccc(-c2cc([C@H](CSC)NC(=O)OC(C)(C)C)n[nH]c2=O)cc1. The number of thioether (sulfide) groups is 1. The summed E-state index contributed by atoms with van der Waals surface area (Å²) in [6.07, 6.45) is 0.762. The molecule has 9 nitrogen and oxygen atoms in total. The number of amides is 2. The molecule has 10 heteroatoms. The van der Waals surface area contributed by atoms with E-state index < -0.39 is 23.8 Å². The molecule has 0 aliphatic rings. The minimum absolute atomic E-state index is 0.368. The molecule has 1 atom stereocenters. The van der Waals surface area contributed by atoms with Gasteiger partial charge in [0.05, 0.1) is 24.4 Å². The van der Waals surface area contributed by atoms with E-state index in [1.165, 1.54) is 18.9 Å². The molecule has 2 rings (SSSR count). The highest BCUT2D eigenvalue weighted by atomic mass is 32.2. The third kappa shape index (κ3) is 6.80. The number of hydrogen-bond donors (Lipinski definition) is 3. The molecule has 30 heavy (non-hydrogen) atoms. The van der Waals surface area contributed by atoms with Gasteiger partial charge in [-0.2, -0.15) is 16.9 Å². The van der Waals surface area contributed by atoms with Crippen LogP contribution in [0.2, 0.25) is 0 Å². The Bertz CT molecular complexity index is 937. The molecule has 1 heterocycles. The molecule has 0 fully saturated rings. The summed E-state index contributed by atoms with van der Waals surface area (Å²) >= 11 is 1.53. The summed E-state index contributed by atoms with van der Waals surface area (Å²) in [5.41, 5.74) is 1.06. The summed E-state index contributed by atoms with van der Waals surface area (Å²) < 4.78 is 9.88. The average Bonchev–Trinajstić information content (AvgIpc) is 2.67. The van der Waals surface area contributed by atoms with Crippen molar-refractivity contribution >= 4 is 29.6 Å². The van der Waals surface area contributed by atoms with Crippen LogP contribution in [0, 0.1) is 0 Å². The molecule has 0 bridgehead atoms. The molecule has 0 saturated carbocycles. The number of ether oxygens (including phenoxy) is 2. The fraction of sp³-hybridized carbons (Fsp3) is 0.400. The lowest BCUT2D eigenvalue weighted by Gasteiger charge is -2.23. The van der Waals surface area contributed by atoms with E-state index in [0.29, 0.717) is 28.3 Å². The Labute approximate surface area is 178 Å². The number of H-pyrrole nitrogens is 1. The Morgan fingerprint density at radius 3 is 2.43 bits per heavy atom. The van der Waals surface area contributed by atoms with Gasteiger partial charge in [-0.05, 0) is 50.8 Å². The molecule has 1 aromatic carbocycles. The minimum atomic E-state index is -0.627. The molecular weight excluding hydrogens is 408 g/mol. The van der Waals surface area contributed by atoms with Gasteiger partial charge < -0.3 is 14.8 Å². The molecule has 0 unspecified atom stereocenters. The number of anilines is 1. The third-order valence-corrected chi connectivity index (χ3v) is 4.50. The molecule has 3 N–H and O–H groups in total. The van der Waals surface area contributed by atoms with Crippen LogP contribution in [0.25, 0.3) is 11.1 Å². The lowest BCUT2D eigenvalue weighted by Crippen LogP contribution is -2.36. The number of carbonyl (C=O) groups excluding carboxylic acids is 2. The van der Waals surface area contributed by atoms with Crippen LogP contribution < -0.4 is 16.2 Å². The second-order valence-corrected chi connectivity index (χ2v) is 8.29. The Hall–Kier alpha value is -3.01. The highest BCUT2D eigenvalue weighted by Crippen LogP contribution is 2.22. The van der Waals surface area contributed by atoms with E-state index >= 15 is 0 Å². The normalized spacial score (nSPS) is 12.0. The van der Waals surface area contributed by atoms with Crippen LogP contribution in [0.4, 0.5) is 15.3 Å². The number of rotatable bonds is 6. The van der Waals surface area contributed by atoms with E-state index in [-0.39, 0.29) is 5.56 Å². The van der Waals surface area contributed by atoms with Gasteiger partial charge in [-0.1, -0.05) is 12.1 Å². The number of aromatic amines is 1. The van der Waals surface area contributed by atoms with Crippen molar-refractivity contribution in [1.29, 1.82) is 0 Å². The predicted molar refractivity (Wildman–Crippen MR) is 117 cm³/mol. The number of nitrogens with one attached hydrogen (secondary N) is 3. The molecular formula is C20H26N4O5S. The fourth-order valence-corrected chi connectivity index (χ4v) is 3.12. The quantitative estimate of drug-likeness (QED) is 0.635. The van der Waals surface area contributed by atoms with E-state index in [1.54, 1.807) is 51.1 Å². The van der Waals surface area contributed by atoms with Crippen LogP contribution in [-0.4, -0.2) is 47.1 Å². The predicted octanol–water partition coefficient (Wildman–Crippen LogP) is 3.54. The number of alkyl carbamates (subject to hydrolysis) is 1. The Morgan fingerprint density at radius 2 is 1.87 bits per heavy atom. The van der Waals surface area contributed by atoms with E-state index in [1.807, 2.05) is 6.26 Å². The maximum atomic E-state index is 12.3. The number of aromatic nitrogens is 2. The van der Waals surface area contributed by atoms with Gasteiger partial charge in [0.1, 0.15) is 5.60 Å². The van der Waals surface area contributed by atoms with Gasteiger partial charge in [-0.25, -0.2) is 14.7 Å². The lowest BCUT2D eigenvalue weighted by atomic mass is 10.1. The van der Waals surface area contributed by atoms with Gasteiger partial charge in [0, 0.05) is 11.4 Å². The van der Waals surface area contributed by atoms with E-state index in [9.17, 15) is 14.4 Å². The first-order valence-electron chi connectivity index (χ1n) is 9.16. The number of hydrogen-bond acceptors (Lipinski definition) is 7. The van der Waals surface area contributed by atoms with Crippen LogP contribution in [0.15, 0.2) is 35.1 Å². The molecule has 1 aromatic heterocycles.